The highest BCUT2D eigenvalue weighted by atomic mass is 16.1. The van der Waals surface area contributed by atoms with Gasteiger partial charge < -0.3 is 10.1 Å². The van der Waals surface area contributed by atoms with Crippen molar-refractivity contribution in [3.05, 3.63) is 53.7 Å². The highest BCUT2D eigenvalue weighted by Gasteiger charge is 2.03. The van der Waals surface area contributed by atoms with Crippen LogP contribution in [0.5, 0.6) is 0 Å². The predicted molar refractivity (Wildman–Crippen MR) is 95.6 cm³/mol. The van der Waals surface area contributed by atoms with Crippen molar-refractivity contribution in [2.24, 2.45) is 0 Å². The number of rotatable bonds is 8. The molecule has 2 rings (SSSR count). The molecule has 0 spiro atoms. The maximum Gasteiger partial charge on any atom is 0.249 e. The highest BCUT2D eigenvalue weighted by molar-refractivity contribution is 6.01. The fraction of sp³-hybridized carbons (Fsp3) is 0.316. The zero-order chi connectivity index (χ0) is 17.4. The van der Waals surface area contributed by atoms with Crippen LogP contribution in [0.4, 0.5) is 5.82 Å². The second-order valence-electron chi connectivity index (χ2n) is 5.80. The van der Waals surface area contributed by atoms with Crippen molar-refractivity contribution in [1.82, 2.24) is 9.78 Å². The smallest absolute Gasteiger partial charge is 0.249 e. The minimum atomic E-state index is -0.208. The van der Waals surface area contributed by atoms with Gasteiger partial charge in [0.15, 0.2) is 5.82 Å². The summed E-state index contributed by atoms with van der Waals surface area (Å²) in [5.41, 5.74) is 2.14. The summed E-state index contributed by atoms with van der Waals surface area (Å²) in [5, 5.41) is 7.05. The van der Waals surface area contributed by atoms with Crippen molar-refractivity contribution < 1.29 is 9.59 Å². The summed E-state index contributed by atoms with van der Waals surface area (Å²) in [6.45, 7) is 4.35. The van der Waals surface area contributed by atoms with E-state index in [2.05, 4.69) is 10.4 Å². The number of hydrogen-bond acceptors (Lipinski definition) is 3. The van der Waals surface area contributed by atoms with Gasteiger partial charge in [-0.3, -0.25) is 9.48 Å². The Kier molecular flexibility index (Phi) is 6.49. The van der Waals surface area contributed by atoms with Crippen LogP contribution in [0.1, 0.15) is 37.3 Å². The quantitative estimate of drug-likeness (QED) is 0.596. The van der Waals surface area contributed by atoms with Crippen LogP contribution < -0.4 is 5.32 Å². The summed E-state index contributed by atoms with van der Waals surface area (Å²) >= 11 is 0. The minimum absolute atomic E-state index is 0.208. The van der Waals surface area contributed by atoms with Crippen LogP contribution in [0.15, 0.2) is 42.6 Å². The average Bonchev–Trinajstić information content (AvgIpc) is 2.98. The Morgan fingerprint density at radius 2 is 2.00 bits per heavy atom. The molecule has 1 aromatic heterocycles. The van der Waals surface area contributed by atoms with Gasteiger partial charge >= 0.3 is 0 Å². The molecule has 0 radical (unpaired) electrons. The summed E-state index contributed by atoms with van der Waals surface area (Å²) in [4.78, 5) is 22.8. The van der Waals surface area contributed by atoms with Crippen LogP contribution >= 0.6 is 0 Å². The molecule has 0 saturated heterocycles. The number of hydrogen-bond donors (Lipinski definition) is 1. The first-order valence-electron chi connectivity index (χ1n) is 8.12. The van der Waals surface area contributed by atoms with Gasteiger partial charge in [-0.2, -0.15) is 5.10 Å². The molecule has 0 atom stereocenters. The molecule has 126 valence electrons. The van der Waals surface area contributed by atoms with Crippen molar-refractivity contribution in [3.8, 4) is 0 Å². The number of benzene rings is 1. The summed E-state index contributed by atoms with van der Waals surface area (Å²) in [7, 11) is 0. The van der Waals surface area contributed by atoms with Crippen LogP contribution in [0.3, 0.4) is 0 Å². The maximum absolute atomic E-state index is 12.0. The lowest BCUT2D eigenvalue weighted by atomic mass is 10.1. The lowest BCUT2D eigenvalue weighted by Gasteiger charge is -2.01. The molecule has 1 heterocycles. The van der Waals surface area contributed by atoms with Gasteiger partial charge in [0.25, 0.3) is 0 Å². The Morgan fingerprint density at radius 3 is 2.75 bits per heavy atom. The van der Waals surface area contributed by atoms with E-state index < -0.39 is 0 Å². The number of carbonyl (C=O) groups is 2. The zero-order valence-corrected chi connectivity index (χ0v) is 14.2. The molecule has 1 amide bonds. The van der Waals surface area contributed by atoms with Gasteiger partial charge in [-0.05, 0) is 43.9 Å². The maximum atomic E-state index is 12.0. The number of nitrogens with zero attached hydrogens (tertiary/aromatic N) is 2. The van der Waals surface area contributed by atoms with Crippen LogP contribution in [0.25, 0.3) is 6.08 Å². The van der Waals surface area contributed by atoms with E-state index in [0.29, 0.717) is 12.2 Å². The molecular weight excluding hydrogens is 302 g/mol. The van der Waals surface area contributed by atoms with Gasteiger partial charge in [-0.15, -0.1) is 0 Å². The topological polar surface area (TPSA) is 64.0 Å². The first-order valence-corrected chi connectivity index (χ1v) is 8.12. The molecule has 1 N–H and O–H groups in total. The van der Waals surface area contributed by atoms with Gasteiger partial charge in [-0.25, -0.2) is 0 Å². The molecule has 0 bridgehead atoms. The molecule has 0 unspecified atom stereocenters. The second-order valence-corrected chi connectivity index (χ2v) is 5.80. The SMILES string of the molecule is CC(=O)CCCCn1ccc(NC(=O)/C=C\c2ccccc2C)n1. The Balaban J connectivity index is 1.82. The van der Waals surface area contributed by atoms with Gasteiger partial charge in [0.1, 0.15) is 5.78 Å². The molecule has 0 saturated carbocycles. The van der Waals surface area contributed by atoms with E-state index in [9.17, 15) is 9.59 Å². The monoisotopic (exact) mass is 325 g/mol. The van der Waals surface area contributed by atoms with Gasteiger partial charge in [0, 0.05) is 31.3 Å². The Morgan fingerprint density at radius 1 is 1.21 bits per heavy atom. The lowest BCUT2D eigenvalue weighted by molar-refractivity contribution is -0.117. The largest absolute Gasteiger partial charge is 0.306 e. The molecule has 5 nitrogen and oxygen atoms in total. The van der Waals surface area contributed by atoms with E-state index in [1.807, 2.05) is 37.4 Å². The molecular formula is C19H23N3O2. The van der Waals surface area contributed by atoms with Crippen molar-refractivity contribution >= 4 is 23.6 Å². The number of Topliss-reactive ketones (excluding diaryl/α,β-unsaturated/α-hetero) is 1. The number of carbonyl (C=O) groups excluding carboxylic acids is 2. The number of anilines is 1. The Hall–Kier alpha value is -2.69. The number of unbranched alkanes of at least 4 members (excludes halogenated alkanes) is 1. The predicted octanol–water partition coefficient (Wildman–Crippen LogP) is 3.60. The molecule has 0 aliphatic rings. The molecule has 0 fully saturated rings. The number of aromatic nitrogens is 2. The van der Waals surface area contributed by atoms with Crippen molar-refractivity contribution in [3.63, 3.8) is 0 Å². The third-order valence-corrected chi connectivity index (χ3v) is 3.66. The van der Waals surface area contributed by atoms with E-state index >= 15 is 0 Å². The summed E-state index contributed by atoms with van der Waals surface area (Å²) in [5.74, 6) is 0.532. The molecule has 24 heavy (non-hydrogen) atoms. The molecule has 0 aliphatic carbocycles. The second kappa shape index (κ2) is 8.82. The number of amides is 1. The highest BCUT2D eigenvalue weighted by Crippen LogP contribution is 2.09. The van der Waals surface area contributed by atoms with Crippen molar-refractivity contribution in [1.29, 1.82) is 0 Å². The Bertz CT molecular complexity index is 732. The minimum Gasteiger partial charge on any atom is -0.306 e. The molecule has 0 aliphatic heterocycles. The fourth-order valence-corrected chi connectivity index (χ4v) is 2.31. The van der Waals surface area contributed by atoms with Crippen LogP contribution in [0.2, 0.25) is 0 Å². The Labute approximate surface area is 142 Å². The van der Waals surface area contributed by atoms with Crippen molar-refractivity contribution in [2.45, 2.75) is 39.7 Å². The summed E-state index contributed by atoms with van der Waals surface area (Å²) < 4.78 is 1.78. The van der Waals surface area contributed by atoms with Crippen molar-refractivity contribution in [2.75, 3.05) is 5.32 Å². The van der Waals surface area contributed by atoms with Gasteiger partial charge in [0.2, 0.25) is 5.91 Å². The number of ketones is 1. The first-order chi connectivity index (χ1) is 11.5. The lowest BCUT2D eigenvalue weighted by Crippen LogP contribution is -2.09. The summed E-state index contributed by atoms with van der Waals surface area (Å²) in [6.07, 6.45) is 7.48. The van der Waals surface area contributed by atoms with E-state index in [1.165, 1.54) is 6.08 Å². The van der Waals surface area contributed by atoms with E-state index in [4.69, 9.17) is 0 Å². The van der Waals surface area contributed by atoms with Crippen LogP contribution in [-0.4, -0.2) is 21.5 Å². The normalized spacial score (nSPS) is 10.9. The van der Waals surface area contributed by atoms with Crippen LogP contribution in [-0.2, 0) is 16.1 Å². The standard InChI is InChI=1S/C19H23N3O2/c1-15-7-3-4-9-17(15)10-11-19(24)20-18-12-14-22(21-18)13-6-5-8-16(2)23/h3-4,7,9-12,14H,5-6,8,13H2,1-2H3,(H,20,21,24)/b11-10-. The molecule has 2 aromatic rings. The molecule has 1 aromatic carbocycles. The third-order valence-electron chi connectivity index (χ3n) is 3.66. The van der Waals surface area contributed by atoms with E-state index in [1.54, 1.807) is 23.7 Å². The summed E-state index contributed by atoms with van der Waals surface area (Å²) in [6, 6.07) is 9.65. The zero-order valence-electron chi connectivity index (χ0n) is 14.2. The van der Waals surface area contributed by atoms with E-state index in [-0.39, 0.29) is 11.7 Å². The van der Waals surface area contributed by atoms with Gasteiger partial charge in [-0.1, -0.05) is 24.3 Å². The average molecular weight is 325 g/mol. The third kappa shape index (κ3) is 5.83. The molecule has 5 heteroatoms. The van der Waals surface area contributed by atoms with Gasteiger partial charge in [0.05, 0.1) is 0 Å². The van der Waals surface area contributed by atoms with E-state index in [0.717, 1.165) is 30.5 Å². The fourth-order valence-electron chi connectivity index (χ4n) is 2.31. The number of nitrogens with one attached hydrogen (secondary N) is 1. The number of aryl methyl sites for hydroxylation is 2. The first kappa shape index (κ1) is 17.7. The van der Waals surface area contributed by atoms with Crippen LogP contribution in [0, 0.1) is 6.92 Å².